The number of carbonyl (C=O) groups is 1. The molecule has 1 amide bonds. The minimum absolute atomic E-state index is 0.0144. The summed E-state index contributed by atoms with van der Waals surface area (Å²) in [4.78, 5) is 20.0. The summed E-state index contributed by atoms with van der Waals surface area (Å²) < 4.78 is 6.04. The Morgan fingerprint density at radius 3 is 2.74 bits per heavy atom. The molecule has 1 aromatic heterocycles. The van der Waals surface area contributed by atoms with Gasteiger partial charge in [-0.15, -0.1) is 0 Å². The number of likely N-dealkylation sites (tertiary alicyclic amines) is 1. The summed E-state index contributed by atoms with van der Waals surface area (Å²) in [6.45, 7) is 5.63. The molecule has 1 atom stereocenters. The van der Waals surface area contributed by atoms with E-state index in [9.17, 15) is 4.79 Å². The molecule has 5 rings (SSSR count). The number of hydrogen-bond donors (Lipinski definition) is 1. The lowest BCUT2D eigenvalue weighted by molar-refractivity contribution is -0.128. The molecule has 5 nitrogen and oxygen atoms in total. The van der Waals surface area contributed by atoms with Gasteiger partial charge in [0.15, 0.2) is 6.10 Å². The quantitative estimate of drug-likeness (QED) is 0.580. The van der Waals surface area contributed by atoms with Crippen molar-refractivity contribution < 1.29 is 9.53 Å². The van der Waals surface area contributed by atoms with E-state index in [2.05, 4.69) is 51.6 Å². The van der Waals surface area contributed by atoms with Crippen LogP contribution in [-0.4, -0.2) is 41.5 Å². The van der Waals surface area contributed by atoms with Crippen molar-refractivity contribution in [1.82, 2.24) is 15.2 Å². The van der Waals surface area contributed by atoms with Crippen LogP contribution in [0.1, 0.15) is 50.2 Å². The van der Waals surface area contributed by atoms with Gasteiger partial charge in [0.1, 0.15) is 5.75 Å². The monoisotopic (exact) mass is 457 g/mol. The second-order valence-electron chi connectivity index (χ2n) is 10.1. The third-order valence-electron chi connectivity index (χ3n) is 7.66. The van der Waals surface area contributed by atoms with Crippen LogP contribution in [0.4, 0.5) is 0 Å². The van der Waals surface area contributed by atoms with Crippen molar-refractivity contribution in [2.45, 2.75) is 58.1 Å². The van der Waals surface area contributed by atoms with E-state index in [0.717, 1.165) is 69.5 Å². The van der Waals surface area contributed by atoms with Gasteiger partial charge in [-0.1, -0.05) is 42.8 Å². The Balaban J connectivity index is 1.23. The van der Waals surface area contributed by atoms with E-state index in [1.165, 1.54) is 22.9 Å². The summed E-state index contributed by atoms with van der Waals surface area (Å²) in [5, 5.41) is 4.44. The largest absolute Gasteiger partial charge is 0.481 e. The molecule has 5 heteroatoms. The van der Waals surface area contributed by atoms with Gasteiger partial charge < -0.3 is 10.1 Å². The number of carbonyl (C=O) groups excluding carboxylic acids is 1. The van der Waals surface area contributed by atoms with E-state index in [1.807, 2.05) is 31.3 Å². The van der Waals surface area contributed by atoms with Crippen molar-refractivity contribution in [3.63, 3.8) is 0 Å². The van der Waals surface area contributed by atoms with Crippen LogP contribution in [0.2, 0.25) is 0 Å². The van der Waals surface area contributed by atoms with Gasteiger partial charge in [0.2, 0.25) is 0 Å². The maximum Gasteiger partial charge on any atom is 0.260 e. The lowest BCUT2D eigenvalue weighted by Crippen LogP contribution is -2.48. The van der Waals surface area contributed by atoms with E-state index in [-0.39, 0.29) is 11.3 Å². The van der Waals surface area contributed by atoms with Crippen molar-refractivity contribution in [1.29, 1.82) is 0 Å². The van der Waals surface area contributed by atoms with Crippen LogP contribution in [-0.2, 0) is 17.8 Å². The van der Waals surface area contributed by atoms with Gasteiger partial charge in [-0.05, 0) is 86.9 Å². The summed E-state index contributed by atoms with van der Waals surface area (Å²) in [5.41, 5.74) is 3.70. The number of aromatic nitrogens is 1. The molecule has 0 saturated carbocycles. The fourth-order valence-electron chi connectivity index (χ4n) is 5.47. The minimum atomic E-state index is -0.488. The highest BCUT2D eigenvalue weighted by Crippen LogP contribution is 2.37. The van der Waals surface area contributed by atoms with Gasteiger partial charge in [-0.3, -0.25) is 14.7 Å². The number of hydrogen-bond acceptors (Lipinski definition) is 4. The third kappa shape index (κ3) is 5.25. The zero-order valence-electron chi connectivity index (χ0n) is 20.1. The summed E-state index contributed by atoms with van der Waals surface area (Å²) in [6, 6.07) is 18.7. The van der Waals surface area contributed by atoms with Crippen molar-refractivity contribution in [2.24, 2.45) is 5.41 Å². The molecule has 0 unspecified atom stereocenters. The number of aryl methyl sites for hydroxylation is 1. The summed E-state index contributed by atoms with van der Waals surface area (Å²) in [7, 11) is 0. The molecule has 2 aromatic carbocycles. The standard InChI is InChI=1S/C29H35N3O2/c1-22-28(33)31-21-29(13-7-6-9-24-8-3-5-12-27(24)34-22)14-16-32(17-15-29)20-23-18-25-10-2-4-11-26(25)30-19-23/h2-5,8,10-12,18-19,22H,6-7,9,13-17,20-21H2,1H3,(H,31,33)/t22-/m1/s1. The predicted octanol–water partition coefficient (Wildman–Crippen LogP) is 5.13. The Bertz CT molecular complexity index is 1140. The van der Waals surface area contributed by atoms with Crippen molar-refractivity contribution in [3.8, 4) is 5.75 Å². The maximum atomic E-state index is 12.8. The zero-order chi connectivity index (χ0) is 23.4. The average molecular weight is 458 g/mol. The highest BCUT2D eigenvalue weighted by Gasteiger charge is 2.35. The number of amides is 1. The average Bonchev–Trinajstić information content (AvgIpc) is 2.87. The van der Waals surface area contributed by atoms with E-state index < -0.39 is 6.10 Å². The highest BCUT2D eigenvalue weighted by molar-refractivity contribution is 5.80. The van der Waals surface area contributed by atoms with Crippen LogP contribution in [0, 0.1) is 5.41 Å². The Morgan fingerprint density at radius 1 is 1.06 bits per heavy atom. The Hall–Kier alpha value is -2.92. The number of nitrogens with one attached hydrogen (secondary N) is 1. The number of piperidine rings is 1. The molecule has 2 aliphatic rings. The molecule has 1 spiro atoms. The molecule has 0 aliphatic carbocycles. The first kappa shape index (κ1) is 22.9. The molecule has 2 aliphatic heterocycles. The number of benzene rings is 2. The first-order valence-electron chi connectivity index (χ1n) is 12.7. The fraction of sp³-hybridized carbons (Fsp3) is 0.448. The number of nitrogens with zero attached hydrogens (tertiary/aromatic N) is 2. The molecule has 1 saturated heterocycles. The number of rotatable bonds is 2. The SMILES string of the molecule is C[C@H]1Oc2ccccc2CCCCC2(CCN(Cc3cnc4ccccc4c3)CC2)CNC1=O. The summed E-state index contributed by atoms with van der Waals surface area (Å²) in [6.07, 6.45) is 8.24. The van der Waals surface area contributed by atoms with Crippen molar-refractivity contribution in [2.75, 3.05) is 19.6 Å². The molecule has 178 valence electrons. The molecule has 34 heavy (non-hydrogen) atoms. The molecular weight excluding hydrogens is 422 g/mol. The highest BCUT2D eigenvalue weighted by atomic mass is 16.5. The van der Waals surface area contributed by atoms with Gasteiger partial charge in [-0.25, -0.2) is 0 Å². The minimum Gasteiger partial charge on any atom is -0.481 e. The van der Waals surface area contributed by atoms with Crippen LogP contribution >= 0.6 is 0 Å². The van der Waals surface area contributed by atoms with Crippen molar-refractivity contribution >= 4 is 16.8 Å². The fourth-order valence-corrected chi connectivity index (χ4v) is 5.47. The molecule has 1 N–H and O–H groups in total. The third-order valence-corrected chi connectivity index (χ3v) is 7.66. The lowest BCUT2D eigenvalue weighted by atomic mass is 9.74. The van der Waals surface area contributed by atoms with Gasteiger partial charge in [0.25, 0.3) is 5.91 Å². The van der Waals surface area contributed by atoms with Crippen LogP contribution in [0.25, 0.3) is 10.9 Å². The maximum absolute atomic E-state index is 12.8. The van der Waals surface area contributed by atoms with E-state index in [1.54, 1.807) is 0 Å². The Morgan fingerprint density at radius 2 is 1.85 bits per heavy atom. The summed E-state index contributed by atoms with van der Waals surface area (Å²) >= 11 is 0. The Kier molecular flexibility index (Phi) is 6.82. The van der Waals surface area contributed by atoms with Crippen LogP contribution in [0.5, 0.6) is 5.75 Å². The topological polar surface area (TPSA) is 54.5 Å². The van der Waals surface area contributed by atoms with Gasteiger partial charge in [-0.2, -0.15) is 0 Å². The van der Waals surface area contributed by atoms with Gasteiger partial charge >= 0.3 is 0 Å². The van der Waals surface area contributed by atoms with E-state index >= 15 is 0 Å². The lowest BCUT2D eigenvalue weighted by Gasteiger charge is -2.42. The van der Waals surface area contributed by atoms with Gasteiger partial charge in [0, 0.05) is 24.7 Å². The molecule has 0 bridgehead atoms. The van der Waals surface area contributed by atoms with Gasteiger partial charge in [0.05, 0.1) is 5.52 Å². The number of ether oxygens (including phenoxy) is 1. The second-order valence-corrected chi connectivity index (χ2v) is 10.1. The zero-order valence-corrected chi connectivity index (χ0v) is 20.1. The van der Waals surface area contributed by atoms with Crippen LogP contribution in [0.3, 0.4) is 0 Å². The summed E-state index contributed by atoms with van der Waals surface area (Å²) in [5.74, 6) is 0.830. The normalized spacial score (nSPS) is 21.7. The molecule has 3 aromatic rings. The van der Waals surface area contributed by atoms with Crippen molar-refractivity contribution in [3.05, 3.63) is 71.9 Å². The Labute approximate surface area is 202 Å². The second kappa shape index (κ2) is 10.1. The number of para-hydroxylation sites is 2. The molecule has 3 heterocycles. The van der Waals surface area contributed by atoms with E-state index in [0.29, 0.717) is 0 Å². The molecule has 1 fully saturated rings. The first-order valence-corrected chi connectivity index (χ1v) is 12.7. The number of pyridine rings is 1. The molecule has 0 radical (unpaired) electrons. The van der Waals surface area contributed by atoms with E-state index in [4.69, 9.17) is 4.74 Å². The smallest absolute Gasteiger partial charge is 0.260 e. The predicted molar refractivity (Wildman–Crippen MR) is 136 cm³/mol. The number of fused-ring (bicyclic) bond motifs is 2. The van der Waals surface area contributed by atoms with Crippen LogP contribution < -0.4 is 10.1 Å². The first-order chi connectivity index (χ1) is 16.6. The van der Waals surface area contributed by atoms with Crippen LogP contribution in [0.15, 0.2) is 60.8 Å². The molecular formula is C29H35N3O2.